The highest BCUT2D eigenvalue weighted by Gasteiger charge is 2.19. The van der Waals surface area contributed by atoms with E-state index in [1.807, 2.05) is 24.3 Å². The normalized spacial score (nSPS) is 21.9. The van der Waals surface area contributed by atoms with E-state index in [2.05, 4.69) is 28.1 Å². The summed E-state index contributed by atoms with van der Waals surface area (Å²) in [4.78, 5) is 11.3. The first-order valence-corrected chi connectivity index (χ1v) is 5.52. The summed E-state index contributed by atoms with van der Waals surface area (Å²) in [6.07, 6.45) is 3.59. The standard InChI is InChI=1S/C12H11BrO/c13-11-8-10(6-7-12(11)14)9-4-2-1-3-5-9/h1-5,8,10H,6-7H2. The van der Waals surface area contributed by atoms with Gasteiger partial charge < -0.3 is 0 Å². The van der Waals surface area contributed by atoms with E-state index < -0.39 is 0 Å². The van der Waals surface area contributed by atoms with Gasteiger partial charge in [0.25, 0.3) is 0 Å². The number of halogens is 1. The average molecular weight is 251 g/mol. The van der Waals surface area contributed by atoms with Crippen molar-refractivity contribution in [3.05, 3.63) is 46.5 Å². The van der Waals surface area contributed by atoms with Gasteiger partial charge in [-0.05, 0) is 27.9 Å². The monoisotopic (exact) mass is 250 g/mol. The van der Waals surface area contributed by atoms with Gasteiger partial charge in [0.2, 0.25) is 0 Å². The fourth-order valence-corrected chi connectivity index (χ4v) is 2.24. The van der Waals surface area contributed by atoms with Crippen LogP contribution < -0.4 is 0 Å². The Bertz CT molecular complexity index is 367. The van der Waals surface area contributed by atoms with Crippen molar-refractivity contribution in [1.29, 1.82) is 0 Å². The SMILES string of the molecule is O=C1CCC(c2ccccc2)C=C1Br. The molecular weight excluding hydrogens is 240 g/mol. The molecule has 1 aliphatic rings. The molecule has 2 rings (SSSR count). The molecule has 0 bridgehead atoms. The molecular formula is C12H11BrO. The van der Waals surface area contributed by atoms with Crippen molar-refractivity contribution in [2.45, 2.75) is 18.8 Å². The lowest BCUT2D eigenvalue weighted by Crippen LogP contribution is -2.09. The zero-order chi connectivity index (χ0) is 9.97. The zero-order valence-corrected chi connectivity index (χ0v) is 9.33. The molecule has 2 heteroatoms. The lowest BCUT2D eigenvalue weighted by Gasteiger charge is -2.17. The molecule has 1 aromatic carbocycles. The molecule has 1 nitrogen and oxygen atoms in total. The number of carbonyl (C=O) groups excluding carboxylic acids is 1. The van der Waals surface area contributed by atoms with E-state index >= 15 is 0 Å². The van der Waals surface area contributed by atoms with Crippen molar-refractivity contribution < 1.29 is 4.79 Å². The van der Waals surface area contributed by atoms with Gasteiger partial charge in [-0.3, -0.25) is 4.79 Å². The highest BCUT2D eigenvalue weighted by atomic mass is 79.9. The number of ketones is 1. The van der Waals surface area contributed by atoms with Crippen LogP contribution in [0, 0.1) is 0 Å². The maximum absolute atomic E-state index is 11.3. The van der Waals surface area contributed by atoms with Crippen LogP contribution in [0.15, 0.2) is 40.9 Å². The molecule has 0 amide bonds. The van der Waals surface area contributed by atoms with Gasteiger partial charge in [0, 0.05) is 12.3 Å². The Morgan fingerprint density at radius 1 is 1.21 bits per heavy atom. The Kier molecular flexibility index (Phi) is 2.82. The number of rotatable bonds is 1. The quantitative estimate of drug-likeness (QED) is 0.747. The second-order valence-electron chi connectivity index (χ2n) is 3.49. The van der Waals surface area contributed by atoms with Crippen molar-refractivity contribution in [2.24, 2.45) is 0 Å². The fourth-order valence-electron chi connectivity index (χ4n) is 1.72. The highest BCUT2D eigenvalue weighted by molar-refractivity contribution is 9.12. The van der Waals surface area contributed by atoms with E-state index in [0.717, 1.165) is 10.9 Å². The topological polar surface area (TPSA) is 17.1 Å². The van der Waals surface area contributed by atoms with Gasteiger partial charge in [-0.1, -0.05) is 36.4 Å². The number of hydrogen-bond donors (Lipinski definition) is 0. The van der Waals surface area contributed by atoms with Crippen molar-refractivity contribution in [3.63, 3.8) is 0 Å². The second kappa shape index (κ2) is 4.09. The Morgan fingerprint density at radius 2 is 1.93 bits per heavy atom. The maximum Gasteiger partial charge on any atom is 0.169 e. The average Bonchev–Trinajstić information content (AvgIpc) is 2.23. The number of Topliss-reactive ketones (excluding diaryl/α,β-unsaturated/α-hetero) is 1. The number of benzene rings is 1. The summed E-state index contributed by atoms with van der Waals surface area (Å²) in [6.45, 7) is 0. The summed E-state index contributed by atoms with van der Waals surface area (Å²) in [7, 11) is 0. The van der Waals surface area contributed by atoms with Gasteiger partial charge in [-0.15, -0.1) is 0 Å². The predicted molar refractivity (Wildman–Crippen MR) is 60.4 cm³/mol. The van der Waals surface area contributed by atoms with Gasteiger partial charge in [-0.2, -0.15) is 0 Å². The van der Waals surface area contributed by atoms with Crippen LogP contribution >= 0.6 is 15.9 Å². The third-order valence-electron chi connectivity index (χ3n) is 2.52. The minimum absolute atomic E-state index is 0.220. The number of allylic oxidation sites excluding steroid dienone is 2. The molecule has 0 aromatic heterocycles. The largest absolute Gasteiger partial charge is 0.294 e. The Labute approximate surface area is 92.0 Å². The van der Waals surface area contributed by atoms with Crippen LogP contribution in [-0.4, -0.2) is 5.78 Å². The lowest BCUT2D eigenvalue weighted by molar-refractivity contribution is -0.115. The van der Waals surface area contributed by atoms with E-state index in [4.69, 9.17) is 0 Å². The van der Waals surface area contributed by atoms with Gasteiger partial charge in [0.15, 0.2) is 5.78 Å². The first-order valence-electron chi connectivity index (χ1n) is 4.73. The smallest absolute Gasteiger partial charge is 0.169 e. The number of hydrogen-bond acceptors (Lipinski definition) is 1. The van der Waals surface area contributed by atoms with Gasteiger partial charge in [-0.25, -0.2) is 0 Å². The van der Waals surface area contributed by atoms with Crippen LogP contribution in [0.1, 0.15) is 24.3 Å². The first kappa shape index (κ1) is 9.66. The van der Waals surface area contributed by atoms with Gasteiger partial charge in [0.05, 0.1) is 4.48 Å². The van der Waals surface area contributed by atoms with Crippen LogP contribution in [0.4, 0.5) is 0 Å². The van der Waals surface area contributed by atoms with Crippen molar-refractivity contribution >= 4 is 21.7 Å². The molecule has 1 aromatic rings. The van der Waals surface area contributed by atoms with Crippen LogP contribution in [0.5, 0.6) is 0 Å². The van der Waals surface area contributed by atoms with Crippen LogP contribution in [0.3, 0.4) is 0 Å². The van der Waals surface area contributed by atoms with E-state index in [9.17, 15) is 4.79 Å². The first-order chi connectivity index (χ1) is 6.77. The molecule has 0 spiro atoms. The molecule has 1 aliphatic carbocycles. The molecule has 0 aliphatic heterocycles. The third kappa shape index (κ3) is 1.95. The summed E-state index contributed by atoms with van der Waals surface area (Å²) in [5.41, 5.74) is 1.29. The maximum atomic E-state index is 11.3. The fraction of sp³-hybridized carbons (Fsp3) is 0.250. The van der Waals surface area contributed by atoms with E-state index in [-0.39, 0.29) is 5.78 Å². The molecule has 72 valence electrons. The zero-order valence-electron chi connectivity index (χ0n) is 7.74. The van der Waals surface area contributed by atoms with Gasteiger partial charge >= 0.3 is 0 Å². The highest BCUT2D eigenvalue weighted by Crippen LogP contribution is 2.31. The molecule has 0 saturated carbocycles. The van der Waals surface area contributed by atoms with Crippen LogP contribution in [-0.2, 0) is 4.79 Å². The molecule has 1 unspecified atom stereocenters. The van der Waals surface area contributed by atoms with E-state index in [0.29, 0.717) is 12.3 Å². The third-order valence-corrected chi connectivity index (χ3v) is 3.23. The van der Waals surface area contributed by atoms with Crippen molar-refractivity contribution in [3.8, 4) is 0 Å². The lowest BCUT2D eigenvalue weighted by atomic mass is 9.89. The predicted octanol–water partition coefficient (Wildman–Crippen LogP) is 3.41. The molecule has 1 atom stereocenters. The van der Waals surface area contributed by atoms with E-state index in [1.165, 1.54) is 5.56 Å². The van der Waals surface area contributed by atoms with Crippen molar-refractivity contribution in [1.82, 2.24) is 0 Å². The molecule has 0 radical (unpaired) electrons. The summed E-state index contributed by atoms with van der Waals surface area (Å²) in [5, 5.41) is 0. The van der Waals surface area contributed by atoms with E-state index in [1.54, 1.807) is 0 Å². The Morgan fingerprint density at radius 3 is 2.57 bits per heavy atom. The van der Waals surface area contributed by atoms with Crippen LogP contribution in [0.2, 0.25) is 0 Å². The van der Waals surface area contributed by atoms with Crippen molar-refractivity contribution in [2.75, 3.05) is 0 Å². The summed E-state index contributed by atoms with van der Waals surface area (Å²) >= 11 is 3.30. The Balaban J connectivity index is 2.26. The minimum atomic E-state index is 0.220. The molecule has 14 heavy (non-hydrogen) atoms. The molecule has 0 saturated heterocycles. The summed E-state index contributed by atoms with van der Waals surface area (Å²) in [6, 6.07) is 10.3. The minimum Gasteiger partial charge on any atom is -0.294 e. The second-order valence-corrected chi connectivity index (χ2v) is 4.35. The Hall–Kier alpha value is -0.890. The number of carbonyl (C=O) groups is 1. The molecule has 0 heterocycles. The van der Waals surface area contributed by atoms with Gasteiger partial charge in [0.1, 0.15) is 0 Å². The summed E-state index contributed by atoms with van der Waals surface area (Å²) < 4.78 is 0.734. The summed E-state index contributed by atoms with van der Waals surface area (Å²) in [5.74, 6) is 0.612. The molecule has 0 fully saturated rings. The van der Waals surface area contributed by atoms with Crippen LogP contribution in [0.25, 0.3) is 0 Å². The molecule has 0 N–H and O–H groups in total.